The molecule has 16 heavy (non-hydrogen) atoms. The molecular weight excluding hydrogens is 224 g/mol. The largest absolute Gasteiger partial charge is 0.348 e. The highest BCUT2D eigenvalue weighted by molar-refractivity contribution is 6.30. The lowest BCUT2D eigenvalue weighted by Gasteiger charge is -2.36. The van der Waals surface area contributed by atoms with Gasteiger partial charge in [-0.15, -0.1) is 0 Å². The van der Waals surface area contributed by atoms with Crippen LogP contribution in [0.1, 0.15) is 25.5 Å². The van der Waals surface area contributed by atoms with Gasteiger partial charge in [-0.05, 0) is 31.5 Å². The summed E-state index contributed by atoms with van der Waals surface area (Å²) in [5.41, 5.74) is 0.715. The van der Waals surface area contributed by atoms with Crippen LogP contribution in [0.25, 0.3) is 0 Å². The molecule has 0 aromatic heterocycles. The maximum absolute atomic E-state index is 11.9. The van der Waals surface area contributed by atoms with Crippen LogP contribution in [0.4, 0.5) is 0 Å². The molecule has 0 aliphatic carbocycles. The normalized spacial score (nSPS) is 23.9. The highest BCUT2D eigenvalue weighted by Gasteiger charge is 2.32. The first kappa shape index (κ1) is 11.4. The zero-order valence-electron chi connectivity index (χ0n) is 9.38. The van der Waals surface area contributed by atoms with Crippen LogP contribution in [0.5, 0.6) is 0 Å². The van der Waals surface area contributed by atoms with Crippen molar-refractivity contribution in [2.45, 2.75) is 25.4 Å². The van der Waals surface area contributed by atoms with E-state index in [2.05, 4.69) is 10.6 Å². The molecule has 1 fully saturated rings. The second-order valence-electron chi connectivity index (χ2n) is 4.74. The quantitative estimate of drug-likeness (QED) is 0.785. The Hall–Kier alpha value is -1.06. The lowest BCUT2D eigenvalue weighted by atomic mass is 9.97. The summed E-state index contributed by atoms with van der Waals surface area (Å²) in [5, 5.41) is 6.86. The van der Waals surface area contributed by atoms with Crippen LogP contribution in [0, 0.1) is 0 Å². The average Bonchev–Trinajstić information content (AvgIpc) is 2.15. The van der Waals surface area contributed by atoms with Crippen molar-refractivity contribution in [1.29, 1.82) is 0 Å². The molecule has 1 aliphatic heterocycles. The third kappa shape index (κ3) is 2.36. The topological polar surface area (TPSA) is 41.1 Å². The van der Waals surface area contributed by atoms with Crippen molar-refractivity contribution in [3.05, 3.63) is 34.9 Å². The smallest absolute Gasteiger partial charge is 0.242 e. The van der Waals surface area contributed by atoms with Gasteiger partial charge in [0, 0.05) is 17.1 Å². The Morgan fingerprint density at radius 2 is 2.19 bits per heavy atom. The minimum absolute atomic E-state index is 0.00137. The van der Waals surface area contributed by atoms with E-state index in [1.165, 1.54) is 0 Å². The lowest BCUT2D eigenvalue weighted by molar-refractivity contribution is -0.126. The van der Waals surface area contributed by atoms with Crippen molar-refractivity contribution in [2.24, 2.45) is 0 Å². The first-order valence-corrected chi connectivity index (χ1v) is 5.67. The van der Waals surface area contributed by atoms with E-state index in [0.717, 1.165) is 12.1 Å². The Bertz CT molecular complexity index is 417. The van der Waals surface area contributed by atoms with Crippen LogP contribution >= 0.6 is 11.6 Å². The molecule has 2 rings (SSSR count). The summed E-state index contributed by atoms with van der Waals surface area (Å²) >= 11 is 5.91. The highest BCUT2D eigenvalue weighted by atomic mass is 35.5. The second kappa shape index (κ2) is 4.07. The Morgan fingerprint density at radius 1 is 1.44 bits per heavy atom. The molecule has 1 atom stereocenters. The Morgan fingerprint density at radius 3 is 2.81 bits per heavy atom. The molecule has 1 aromatic carbocycles. The number of amides is 1. The van der Waals surface area contributed by atoms with Gasteiger partial charge in [0.2, 0.25) is 5.91 Å². The number of rotatable bonds is 1. The number of benzene rings is 1. The van der Waals surface area contributed by atoms with Crippen LogP contribution in [-0.2, 0) is 4.79 Å². The summed E-state index contributed by atoms with van der Waals surface area (Å²) in [5.74, 6) is -0.00137. The van der Waals surface area contributed by atoms with Gasteiger partial charge in [0.15, 0.2) is 0 Å². The van der Waals surface area contributed by atoms with Crippen molar-refractivity contribution < 1.29 is 4.79 Å². The first-order valence-electron chi connectivity index (χ1n) is 5.29. The van der Waals surface area contributed by atoms with E-state index < -0.39 is 0 Å². The van der Waals surface area contributed by atoms with E-state index in [4.69, 9.17) is 11.6 Å². The number of nitrogens with one attached hydrogen (secondary N) is 2. The van der Waals surface area contributed by atoms with Gasteiger partial charge in [-0.25, -0.2) is 0 Å². The van der Waals surface area contributed by atoms with E-state index in [9.17, 15) is 4.79 Å². The molecular formula is C12H15ClN2O. The maximum atomic E-state index is 11.9. The molecule has 0 spiro atoms. The van der Waals surface area contributed by atoms with Gasteiger partial charge in [-0.2, -0.15) is 0 Å². The summed E-state index contributed by atoms with van der Waals surface area (Å²) in [7, 11) is 0. The van der Waals surface area contributed by atoms with Crippen molar-refractivity contribution in [2.75, 3.05) is 6.54 Å². The zero-order chi connectivity index (χ0) is 11.8. The summed E-state index contributed by atoms with van der Waals surface area (Å²) < 4.78 is 0. The van der Waals surface area contributed by atoms with Crippen molar-refractivity contribution in [3.8, 4) is 0 Å². The van der Waals surface area contributed by atoms with Crippen molar-refractivity contribution >= 4 is 17.5 Å². The number of halogens is 1. The van der Waals surface area contributed by atoms with Crippen LogP contribution < -0.4 is 10.6 Å². The number of hydrogen-bond donors (Lipinski definition) is 2. The number of carbonyl (C=O) groups is 1. The molecule has 4 heteroatoms. The minimum Gasteiger partial charge on any atom is -0.348 e. The van der Waals surface area contributed by atoms with Gasteiger partial charge in [0.05, 0.1) is 0 Å². The third-order valence-corrected chi connectivity index (χ3v) is 2.89. The van der Waals surface area contributed by atoms with E-state index in [1.54, 1.807) is 6.07 Å². The third-order valence-electron chi connectivity index (χ3n) is 2.65. The Labute approximate surface area is 100 Å². The van der Waals surface area contributed by atoms with E-state index in [0.29, 0.717) is 5.02 Å². The van der Waals surface area contributed by atoms with Crippen molar-refractivity contribution in [3.63, 3.8) is 0 Å². The predicted molar refractivity (Wildman–Crippen MR) is 64.4 cm³/mol. The fourth-order valence-electron chi connectivity index (χ4n) is 1.86. The number of carbonyl (C=O) groups excluding carboxylic acids is 1. The number of piperazine rings is 1. The van der Waals surface area contributed by atoms with Gasteiger partial charge >= 0.3 is 0 Å². The zero-order valence-corrected chi connectivity index (χ0v) is 10.1. The summed E-state index contributed by atoms with van der Waals surface area (Å²) in [4.78, 5) is 11.9. The Kier molecular flexibility index (Phi) is 2.91. The van der Waals surface area contributed by atoms with Gasteiger partial charge in [0.1, 0.15) is 6.04 Å². The van der Waals surface area contributed by atoms with Crippen molar-refractivity contribution in [1.82, 2.24) is 10.6 Å². The number of hydrogen-bond acceptors (Lipinski definition) is 2. The molecule has 0 saturated carbocycles. The summed E-state index contributed by atoms with van der Waals surface area (Å²) in [6.07, 6.45) is 0. The van der Waals surface area contributed by atoms with Crippen LogP contribution in [-0.4, -0.2) is 18.0 Å². The molecule has 86 valence electrons. The molecule has 3 nitrogen and oxygen atoms in total. The maximum Gasteiger partial charge on any atom is 0.242 e. The van der Waals surface area contributed by atoms with E-state index in [1.807, 2.05) is 32.0 Å². The summed E-state index contributed by atoms with van der Waals surface area (Å²) in [6.45, 7) is 4.73. The highest BCUT2D eigenvalue weighted by Crippen LogP contribution is 2.21. The molecule has 1 heterocycles. The molecule has 2 N–H and O–H groups in total. The summed E-state index contributed by atoms with van der Waals surface area (Å²) in [6, 6.07) is 7.08. The second-order valence-corrected chi connectivity index (χ2v) is 5.18. The molecule has 0 bridgehead atoms. The van der Waals surface area contributed by atoms with E-state index >= 15 is 0 Å². The lowest BCUT2D eigenvalue weighted by Crippen LogP contribution is -2.59. The SMILES string of the molecule is CC1(C)CNC(c2cccc(Cl)c2)C(=O)N1. The predicted octanol–water partition coefficient (Wildman–Crippen LogP) is 1.88. The minimum atomic E-state index is -0.299. The van der Waals surface area contributed by atoms with Gasteiger partial charge in [-0.1, -0.05) is 23.7 Å². The molecule has 0 radical (unpaired) electrons. The molecule has 1 aromatic rings. The Balaban J connectivity index is 2.21. The average molecular weight is 239 g/mol. The van der Waals surface area contributed by atoms with Crippen LogP contribution in [0.15, 0.2) is 24.3 Å². The van der Waals surface area contributed by atoms with Gasteiger partial charge < -0.3 is 5.32 Å². The fraction of sp³-hybridized carbons (Fsp3) is 0.417. The molecule has 1 amide bonds. The standard InChI is InChI=1S/C12H15ClN2O/c1-12(2)7-14-10(11(16)15-12)8-4-3-5-9(13)6-8/h3-6,10,14H,7H2,1-2H3,(H,15,16). The van der Waals surface area contributed by atoms with E-state index in [-0.39, 0.29) is 17.5 Å². The van der Waals surface area contributed by atoms with Crippen LogP contribution in [0.3, 0.4) is 0 Å². The monoisotopic (exact) mass is 238 g/mol. The first-order chi connectivity index (χ1) is 7.48. The van der Waals surface area contributed by atoms with Crippen LogP contribution in [0.2, 0.25) is 5.02 Å². The molecule has 1 unspecified atom stereocenters. The van der Waals surface area contributed by atoms with Gasteiger partial charge in [-0.3, -0.25) is 10.1 Å². The molecule has 1 saturated heterocycles. The fourth-order valence-corrected chi connectivity index (χ4v) is 2.05. The van der Waals surface area contributed by atoms with Gasteiger partial charge in [0.25, 0.3) is 0 Å². The molecule has 1 aliphatic rings.